The zero-order valence-electron chi connectivity index (χ0n) is 6.39. The Labute approximate surface area is 57.4 Å². The number of hydrogen-bond donors (Lipinski definition) is 0. The third-order valence-electron chi connectivity index (χ3n) is 1.77. The minimum atomic E-state index is 0.424. The molecule has 0 aromatic carbocycles. The highest BCUT2D eigenvalue weighted by Gasteiger charge is 2.15. The summed E-state index contributed by atoms with van der Waals surface area (Å²) < 4.78 is 5.61. The largest absolute Gasteiger partial charge is 0.376 e. The van der Waals surface area contributed by atoms with Crippen LogP contribution in [0.2, 0.25) is 0 Å². The SMILES string of the molecule is CC(C)OC1CCCC1. The summed E-state index contributed by atoms with van der Waals surface area (Å²) in [7, 11) is 0. The Balaban J connectivity index is 2.11. The highest BCUT2D eigenvalue weighted by Crippen LogP contribution is 2.21. The summed E-state index contributed by atoms with van der Waals surface area (Å²) >= 11 is 0. The lowest BCUT2D eigenvalue weighted by Gasteiger charge is -2.13. The molecule has 0 aromatic heterocycles. The number of ether oxygens (including phenoxy) is 1. The Morgan fingerprint density at radius 3 is 2.22 bits per heavy atom. The Morgan fingerprint density at radius 1 is 1.22 bits per heavy atom. The van der Waals surface area contributed by atoms with Gasteiger partial charge in [-0.1, -0.05) is 12.8 Å². The smallest absolute Gasteiger partial charge is 0.0578 e. The maximum Gasteiger partial charge on any atom is 0.0578 e. The molecule has 0 radical (unpaired) electrons. The first-order valence-electron chi connectivity index (χ1n) is 3.94. The average molecular weight is 128 g/mol. The van der Waals surface area contributed by atoms with E-state index in [1.807, 2.05) is 0 Å². The molecule has 0 spiro atoms. The fourth-order valence-corrected chi connectivity index (χ4v) is 1.41. The molecule has 1 fully saturated rings. The number of rotatable bonds is 2. The van der Waals surface area contributed by atoms with Crippen LogP contribution < -0.4 is 0 Å². The fraction of sp³-hybridized carbons (Fsp3) is 1.00. The van der Waals surface area contributed by atoms with Crippen LogP contribution in [-0.2, 0) is 4.74 Å². The molecule has 0 amide bonds. The van der Waals surface area contributed by atoms with Crippen LogP contribution in [0.25, 0.3) is 0 Å². The van der Waals surface area contributed by atoms with Crippen LogP contribution in [0.5, 0.6) is 0 Å². The zero-order chi connectivity index (χ0) is 6.69. The summed E-state index contributed by atoms with van der Waals surface area (Å²) in [4.78, 5) is 0. The van der Waals surface area contributed by atoms with E-state index in [4.69, 9.17) is 4.74 Å². The normalized spacial score (nSPS) is 21.7. The molecule has 0 saturated heterocycles. The third-order valence-corrected chi connectivity index (χ3v) is 1.77. The van der Waals surface area contributed by atoms with E-state index in [-0.39, 0.29) is 0 Å². The van der Waals surface area contributed by atoms with Gasteiger partial charge in [0.1, 0.15) is 0 Å². The minimum Gasteiger partial charge on any atom is -0.376 e. The van der Waals surface area contributed by atoms with E-state index in [2.05, 4.69) is 13.8 Å². The summed E-state index contributed by atoms with van der Waals surface area (Å²) in [6, 6.07) is 0. The first-order valence-corrected chi connectivity index (χ1v) is 3.94. The summed E-state index contributed by atoms with van der Waals surface area (Å²) in [6.07, 6.45) is 6.34. The Bertz CT molecular complexity index is 72.6. The van der Waals surface area contributed by atoms with Crippen molar-refractivity contribution in [2.24, 2.45) is 0 Å². The lowest BCUT2D eigenvalue weighted by Crippen LogP contribution is -2.13. The van der Waals surface area contributed by atoms with Gasteiger partial charge >= 0.3 is 0 Å². The molecule has 0 bridgehead atoms. The van der Waals surface area contributed by atoms with Crippen LogP contribution in [-0.4, -0.2) is 12.2 Å². The minimum absolute atomic E-state index is 0.424. The van der Waals surface area contributed by atoms with E-state index in [0.717, 1.165) is 0 Å². The first kappa shape index (κ1) is 7.07. The monoisotopic (exact) mass is 128 g/mol. The molecule has 1 aliphatic carbocycles. The van der Waals surface area contributed by atoms with Crippen molar-refractivity contribution in [3.8, 4) is 0 Å². The maximum absolute atomic E-state index is 5.61. The first-order chi connectivity index (χ1) is 4.29. The van der Waals surface area contributed by atoms with E-state index < -0.39 is 0 Å². The molecule has 1 saturated carbocycles. The summed E-state index contributed by atoms with van der Waals surface area (Å²) in [5, 5.41) is 0. The van der Waals surface area contributed by atoms with Gasteiger partial charge < -0.3 is 4.74 Å². The molecular formula is C8H16O. The van der Waals surface area contributed by atoms with Crippen LogP contribution in [0, 0.1) is 0 Å². The molecule has 0 N–H and O–H groups in total. The zero-order valence-corrected chi connectivity index (χ0v) is 6.39. The van der Waals surface area contributed by atoms with Gasteiger partial charge in [0.2, 0.25) is 0 Å². The predicted octanol–water partition coefficient (Wildman–Crippen LogP) is 2.35. The molecule has 54 valence electrons. The molecule has 9 heavy (non-hydrogen) atoms. The highest BCUT2D eigenvalue weighted by atomic mass is 16.5. The van der Waals surface area contributed by atoms with E-state index in [0.29, 0.717) is 12.2 Å². The van der Waals surface area contributed by atoms with Crippen LogP contribution >= 0.6 is 0 Å². The van der Waals surface area contributed by atoms with Gasteiger partial charge in [0.15, 0.2) is 0 Å². The standard InChI is InChI=1S/C8H16O/c1-7(2)9-8-5-3-4-6-8/h7-8H,3-6H2,1-2H3. The van der Waals surface area contributed by atoms with E-state index in [1.165, 1.54) is 25.7 Å². The molecule has 0 aliphatic heterocycles. The van der Waals surface area contributed by atoms with Gasteiger partial charge in [0.05, 0.1) is 12.2 Å². The van der Waals surface area contributed by atoms with Gasteiger partial charge in [-0.15, -0.1) is 0 Å². The number of hydrogen-bond acceptors (Lipinski definition) is 1. The van der Waals surface area contributed by atoms with Crippen molar-refractivity contribution in [2.75, 3.05) is 0 Å². The second kappa shape index (κ2) is 3.21. The van der Waals surface area contributed by atoms with Crippen LogP contribution in [0.4, 0.5) is 0 Å². The quantitative estimate of drug-likeness (QED) is 0.554. The van der Waals surface area contributed by atoms with Crippen molar-refractivity contribution in [1.82, 2.24) is 0 Å². The Morgan fingerprint density at radius 2 is 1.78 bits per heavy atom. The fourth-order valence-electron chi connectivity index (χ4n) is 1.41. The molecule has 0 heterocycles. The predicted molar refractivity (Wildman–Crippen MR) is 38.5 cm³/mol. The molecule has 0 unspecified atom stereocenters. The Hall–Kier alpha value is -0.0400. The maximum atomic E-state index is 5.61. The topological polar surface area (TPSA) is 9.23 Å². The van der Waals surface area contributed by atoms with Gasteiger partial charge in [-0.25, -0.2) is 0 Å². The third kappa shape index (κ3) is 2.35. The van der Waals surface area contributed by atoms with Crippen molar-refractivity contribution < 1.29 is 4.74 Å². The highest BCUT2D eigenvalue weighted by molar-refractivity contribution is 4.67. The average Bonchev–Trinajstić information content (AvgIpc) is 2.15. The van der Waals surface area contributed by atoms with Crippen LogP contribution in [0.15, 0.2) is 0 Å². The van der Waals surface area contributed by atoms with Crippen LogP contribution in [0.1, 0.15) is 39.5 Å². The van der Waals surface area contributed by atoms with Crippen LogP contribution in [0.3, 0.4) is 0 Å². The summed E-state index contributed by atoms with van der Waals surface area (Å²) in [6.45, 7) is 4.22. The van der Waals surface area contributed by atoms with Crippen molar-refractivity contribution in [1.29, 1.82) is 0 Å². The molecule has 0 atom stereocenters. The second-order valence-electron chi connectivity index (χ2n) is 3.09. The van der Waals surface area contributed by atoms with E-state index in [9.17, 15) is 0 Å². The van der Waals surface area contributed by atoms with Crippen molar-refractivity contribution >= 4 is 0 Å². The van der Waals surface area contributed by atoms with Gasteiger partial charge in [-0.2, -0.15) is 0 Å². The molecule has 1 rings (SSSR count). The molecule has 1 aliphatic rings. The summed E-state index contributed by atoms with van der Waals surface area (Å²) in [5.41, 5.74) is 0. The van der Waals surface area contributed by atoms with E-state index >= 15 is 0 Å². The van der Waals surface area contributed by atoms with Crippen molar-refractivity contribution in [3.05, 3.63) is 0 Å². The van der Waals surface area contributed by atoms with Crippen molar-refractivity contribution in [3.63, 3.8) is 0 Å². The Kier molecular flexibility index (Phi) is 2.52. The van der Waals surface area contributed by atoms with Gasteiger partial charge in [-0.05, 0) is 26.7 Å². The van der Waals surface area contributed by atoms with Gasteiger partial charge in [-0.3, -0.25) is 0 Å². The van der Waals surface area contributed by atoms with Gasteiger partial charge in [0.25, 0.3) is 0 Å². The lowest BCUT2D eigenvalue weighted by molar-refractivity contribution is 0.0126. The molecule has 1 heteroatoms. The molecule has 0 aromatic rings. The van der Waals surface area contributed by atoms with Gasteiger partial charge in [0, 0.05) is 0 Å². The summed E-state index contributed by atoms with van der Waals surface area (Å²) in [5.74, 6) is 0. The molecular weight excluding hydrogens is 112 g/mol. The lowest BCUT2D eigenvalue weighted by atomic mass is 10.3. The molecule has 1 nitrogen and oxygen atoms in total. The second-order valence-corrected chi connectivity index (χ2v) is 3.09. The van der Waals surface area contributed by atoms with E-state index in [1.54, 1.807) is 0 Å². The van der Waals surface area contributed by atoms with Crippen molar-refractivity contribution in [2.45, 2.75) is 51.7 Å².